The summed E-state index contributed by atoms with van der Waals surface area (Å²) >= 11 is 0. The molecule has 1 unspecified atom stereocenters. The van der Waals surface area contributed by atoms with Gasteiger partial charge in [-0.1, -0.05) is 20.3 Å². The number of nitrogens with one attached hydrogen (secondary N) is 1. The minimum atomic E-state index is 0.746. The van der Waals surface area contributed by atoms with Crippen molar-refractivity contribution in [1.29, 1.82) is 0 Å². The molecule has 1 N–H and O–H groups in total. The van der Waals surface area contributed by atoms with Gasteiger partial charge in [-0.2, -0.15) is 0 Å². The van der Waals surface area contributed by atoms with E-state index in [9.17, 15) is 0 Å². The Hall–Kier alpha value is -1.31. The molecule has 0 aliphatic carbocycles. The van der Waals surface area contributed by atoms with Crippen LogP contribution in [-0.2, 0) is 6.42 Å². The van der Waals surface area contributed by atoms with Gasteiger partial charge < -0.3 is 4.98 Å². The number of hydrogen-bond donors (Lipinski definition) is 1. The van der Waals surface area contributed by atoms with Crippen molar-refractivity contribution in [2.24, 2.45) is 5.92 Å². The van der Waals surface area contributed by atoms with Gasteiger partial charge in [0.05, 0.1) is 0 Å². The van der Waals surface area contributed by atoms with Crippen molar-refractivity contribution < 1.29 is 0 Å². The average Bonchev–Trinajstić information content (AvgIpc) is 2.59. The van der Waals surface area contributed by atoms with Crippen molar-refractivity contribution >= 4 is 10.9 Å². The normalized spacial score (nSPS) is 13.3. The predicted octanol–water partition coefficient (Wildman–Crippen LogP) is 3.15. The first-order valence-electron chi connectivity index (χ1n) is 5.21. The fourth-order valence-corrected chi connectivity index (χ4v) is 1.66. The molecule has 2 heteroatoms. The van der Waals surface area contributed by atoms with Crippen LogP contribution in [0.3, 0.4) is 0 Å². The summed E-state index contributed by atoms with van der Waals surface area (Å²) in [5.74, 6) is 0.746. The SMILES string of the molecule is CCC(C)Cc1cc2cnccc2[nH]1. The van der Waals surface area contributed by atoms with E-state index in [0.717, 1.165) is 12.3 Å². The monoisotopic (exact) mass is 188 g/mol. The Bertz CT molecular complexity index is 384. The number of H-pyrrole nitrogens is 1. The van der Waals surface area contributed by atoms with Crippen LogP contribution in [-0.4, -0.2) is 9.97 Å². The second-order valence-electron chi connectivity index (χ2n) is 3.98. The largest absolute Gasteiger partial charge is 0.358 e. The first-order valence-corrected chi connectivity index (χ1v) is 5.21. The van der Waals surface area contributed by atoms with Gasteiger partial charge in [-0.25, -0.2) is 0 Å². The van der Waals surface area contributed by atoms with Crippen LogP contribution in [0.4, 0.5) is 0 Å². The summed E-state index contributed by atoms with van der Waals surface area (Å²) in [6.45, 7) is 4.51. The Labute approximate surface area is 84.4 Å². The maximum Gasteiger partial charge on any atom is 0.0487 e. The maximum absolute atomic E-state index is 4.11. The molecule has 0 aromatic carbocycles. The fraction of sp³-hybridized carbons (Fsp3) is 0.417. The lowest BCUT2D eigenvalue weighted by Crippen LogP contribution is -1.97. The van der Waals surface area contributed by atoms with Crippen molar-refractivity contribution in [2.45, 2.75) is 26.7 Å². The topological polar surface area (TPSA) is 28.7 Å². The van der Waals surface area contributed by atoms with Crippen LogP contribution in [0, 0.1) is 5.92 Å². The number of pyridine rings is 1. The van der Waals surface area contributed by atoms with Crippen molar-refractivity contribution in [2.75, 3.05) is 0 Å². The third-order valence-corrected chi connectivity index (χ3v) is 2.74. The summed E-state index contributed by atoms with van der Waals surface area (Å²) in [6.07, 6.45) is 6.09. The van der Waals surface area contributed by atoms with Gasteiger partial charge in [-0.3, -0.25) is 4.98 Å². The van der Waals surface area contributed by atoms with Gasteiger partial charge in [0.1, 0.15) is 0 Å². The van der Waals surface area contributed by atoms with E-state index in [0.29, 0.717) is 0 Å². The van der Waals surface area contributed by atoms with Gasteiger partial charge in [-0.15, -0.1) is 0 Å². The lowest BCUT2D eigenvalue weighted by Gasteiger charge is -2.04. The zero-order valence-corrected chi connectivity index (χ0v) is 8.75. The van der Waals surface area contributed by atoms with Crippen LogP contribution in [0.25, 0.3) is 10.9 Å². The minimum Gasteiger partial charge on any atom is -0.358 e. The molecule has 0 aliphatic heterocycles. The average molecular weight is 188 g/mol. The molecule has 0 saturated heterocycles. The van der Waals surface area contributed by atoms with Crippen LogP contribution < -0.4 is 0 Å². The van der Waals surface area contributed by atoms with E-state index >= 15 is 0 Å². The second-order valence-corrected chi connectivity index (χ2v) is 3.98. The summed E-state index contributed by atoms with van der Waals surface area (Å²) in [5, 5.41) is 1.21. The zero-order chi connectivity index (χ0) is 9.97. The van der Waals surface area contributed by atoms with E-state index in [2.05, 4.69) is 29.9 Å². The van der Waals surface area contributed by atoms with Crippen molar-refractivity contribution in [3.05, 3.63) is 30.2 Å². The number of aromatic nitrogens is 2. The molecule has 0 bridgehead atoms. The lowest BCUT2D eigenvalue weighted by molar-refractivity contribution is 0.554. The molecule has 2 heterocycles. The first kappa shape index (κ1) is 9.25. The molecule has 0 amide bonds. The highest BCUT2D eigenvalue weighted by Crippen LogP contribution is 2.17. The number of rotatable bonds is 3. The van der Waals surface area contributed by atoms with Crippen LogP contribution in [0.5, 0.6) is 0 Å². The number of hydrogen-bond acceptors (Lipinski definition) is 1. The lowest BCUT2D eigenvalue weighted by atomic mass is 10.0. The molecule has 14 heavy (non-hydrogen) atoms. The maximum atomic E-state index is 4.11. The minimum absolute atomic E-state index is 0.746. The molecule has 0 fully saturated rings. The Morgan fingerprint density at radius 1 is 1.50 bits per heavy atom. The van der Waals surface area contributed by atoms with Crippen LogP contribution >= 0.6 is 0 Å². The zero-order valence-electron chi connectivity index (χ0n) is 8.75. The molecule has 0 saturated carbocycles. The highest BCUT2D eigenvalue weighted by molar-refractivity contribution is 5.79. The van der Waals surface area contributed by atoms with E-state index in [1.165, 1.54) is 23.0 Å². The highest BCUT2D eigenvalue weighted by Gasteiger charge is 2.04. The Balaban J connectivity index is 2.27. The first-order chi connectivity index (χ1) is 6.79. The van der Waals surface area contributed by atoms with Gasteiger partial charge in [-0.05, 0) is 24.5 Å². The third-order valence-electron chi connectivity index (χ3n) is 2.74. The van der Waals surface area contributed by atoms with E-state index < -0.39 is 0 Å². The summed E-state index contributed by atoms with van der Waals surface area (Å²) < 4.78 is 0. The molecule has 0 radical (unpaired) electrons. The third kappa shape index (κ3) is 1.79. The van der Waals surface area contributed by atoms with Gasteiger partial charge in [0.15, 0.2) is 0 Å². The predicted molar refractivity (Wildman–Crippen MR) is 59.3 cm³/mol. The second kappa shape index (κ2) is 3.82. The van der Waals surface area contributed by atoms with E-state index in [1.807, 2.05) is 18.5 Å². The Kier molecular flexibility index (Phi) is 2.53. The van der Waals surface area contributed by atoms with Crippen molar-refractivity contribution in [1.82, 2.24) is 9.97 Å². The van der Waals surface area contributed by atoms with E-state index in [-0.39, 0.29) is 0 Å². The number of nitrogens with zero attached hydrogens (tertiary/aromatic N) is 1. The number of aromatic amines is 1. The van der Waals surface area contributed by atoms with Gasteiger partial charge in [0.25, 0.3) is 0 Å². The molecule has 0 aliphatic rings. The van der Waals surface area contributed by atoms with E-state index in [4.69, 9.17) is 0 Å². The van der Waals surface area contributed by atoms with Crippen LogP contribution in [0.15, 0.2) is 24.5 Å². The van der Waals surface area contributed by atoms with Crippen molar-refractivity contribution in [3.63, 3.8) is 0 Å². The summed E-state index contributed by atoms with van der Waals surface area (Å²) in [5.41, 5.74) is 2.51. The molecule has 0 spiro atoms. The smallest absolute Gasteiger partial charge is 0.0487 e. The summed E-state index contributed by atoms with van der Waals surface area (Å²) in [7, 11) is 0. The number of fused-ring (bicyclic) bond motifs is 1. The fourth-order valence-electron chi connectivity index (χ4n) is 1.66. The summed E-state index contributed by atoms with van der Waals surface area (Å²) in [6, 6.07) is 4.23. The highest BCUT2D eigenvalue weighted by atomic mass is 14.7. The molecule has 74 valence electrons. The molecule has 2 rings (SSSR count). The molecular weight excluding hydrogens is 172 g/mol. The summed E-state index contributed by atoms with van der Waals surface area (Å²) in [4.78, 5) is 7.53. The van der Waals surface area contributed by atoms with Gasteiger partial charge in [0.2, 0.25) is 0 Å². The molecule has 2 aromatic heterocycles. The molecule has 2 nitrogen and oxygen atoms in total. The molecular formula is C12H16N2. The Morgan fingerprint density at radius 3 is 3.07 bits per heavy atom. The van der Waals surface area contributed by atoms with Gasteiger partial charge in [0, 0.05) is 29.0 Å². The standard InChI is InChI=1S/C12H16N2/c1-3-9(2)6-11-7-10-8-13-5-4-12(10)14-11/h4-5,7-9,14H,3,6H2,1-2H3. The molecule has 2 aromatic rings. The van der Waals surface area contributed by atoms with Crippen molar-refractivity contribution in [3.8, 4) is 0 Å². The van der Waals surface area contributed by atoms with Crippen LogP contribution in [0.2, 0.25) is 0 Å². The quantitative estimate of drug-likeness (QED) is 0.787. The Morgan fingerprint density at radius 2 is 2.36 bits per heavy atom. The molecule has 1 atom stereocenters. The van der Waals surface area contributed by atoms with Crippen LogP contribution in [0.1, 0.15) is 26.0 Å². The van der Waals surface area contributed by atoms with E-state index in [1.54, 1.807) is 0 Å². The van der Waals surface area contributed by atoms with Gasteiger partial charge >= 0.3 is 0 Å².